The van der Waals surface area contributed by atoms with Crippen LogP contribution < -0.4 is 14.2 Å². The molecule has 0 atom stereocenters. The lowest BCUT2D eigenvalue weighted by molar-refractivity contribution is 0.324. The van der Waals surface area contributed by atoms with E-state index >= 15 is 0 Å². The zero-order chi connectivity index (χ0) is 14.5. The van der Waals surface area contributed by atoms with Crippen LogP contribution in [0.1, 0.15) is 16.7 Å². The molecule has 0 bridgehead atoms. The van der Waals surface area contributed by atoms with Crippen molar-refractivity contribution in [2.75, 3.05) is 21.3 Å². The highest BCUT2D eigenvalue weighted by Crippen LogP contribution is 2.38. The summed E-state index contributed by atoms with van der Waals surface area (Å²) in [4.78, 5) is 4.21. The van der Waals surface area contributed by atoms with Gasteiger partial charge >= 0.3 is 0 Å². The lowest BCUT2D eigenvalue weighted by Crippen LogP contribution is -1.98. The molecule has 1 aromatic carbocycles. The quantitative estimate of drug-likeness (QED) is 0.839. The molecule has 2 aromatic rings. The topological polar surface area (TPSA) is 40.6 Å². The highest BCUT2D eigenvalue weighted by Gasteiger charge is 2.13. The van der Waals surface area contributed by atoms with Crippen molar-refractivity contribution in [2.24, 2.45) is 0 Å². The first-order valence-corrected chi connectivity index (χ1v) is 6.37. The average Bonchev–Trinajstić information content (AvgIpc) is 2.46. The Bertz CT molecular complexity index is 571. The van der Waals surface area contributed by atoms with Crippen molar-refractivity contribution >= 4 is 0 Å². The number of hydrogen-bond acceptors (Lipinski definition) is 4. The van der Waals surface area contributed by atoms with Gasteiger partial charge in [0.1, 0.15) is 0 Å². The third-order valence-corrected chi connectivity index (χ3v) is 3.06. The molecular formula is C16H19NO3. The smallest absolute Gasteiger partial charge is 0.203 e. The Labute approximate surface area is 119 Å². The Hall–Kier alpha value is -2.23. The zero-order valence-electron chi connectivity index (χ0n) is 12.3. The summed E-state index contributed by atoms with van der Waals surface area (Å²) in [5, 5.41) is 0. The van der Waals surface area contributed by atoms with Gasteiger partial charge in [-0.25, -0.2) is 0 Å². The number of methoxy groups -OCH3 is 3. The van der Waals surface area contributed by atoms with E-state index in [2.05, 4.69) is 11.1 Å². The van der Waals surface area contributed by atoms with Crippen LogP contribution in [0.2, 0.25) is 0 Å². The zero-order valence-corrected chi connectivity index (χ0v) is 12.3. The SMILES string of the molecule is COc1cc(Cc2cncc(C)c2)cc(OC)c1OC. The first-order valence-electron chi connectivity index (χ1n) is 6.37. The lowest BCUT2D eigenvalue weighted by Gasteiger charge is -2.14. The second-order valence-corrected chi connectivity index (χ2v) is 4.58. The summed E-state index contributed by atoms with van der Waals surface area (Å²) in [6, 6.07) is 6.05. The molecule has 0 unspecified atom stereocenters. The van der Waals surface area contributed by atoms with E-state index in [4.69, 9.17) is 14.2 Å². The monoisotopic (exact) mass is 273 g/mol. The van der Waals surface area contributed by atoms with Gasteiger partial charge in [-0.2, -0.15) is 0 Å². The van der Waals surface area contributed by atoms with E-state index in [9.17, 15) is 0 Å². The highest BCUT2D eigenvalue weighted by atomic mass is 16.5. The predicted octanol–water partition coefficient (Wildman–Crippen LogP) is 3.01. The van der Waals surface area contributed by atoms with Gasteiger partial charge in [-0.1, -0.05) is 6.07 Å². The number of pyridine rings is 1. The fraction of sp³-hybridized carbons (Fsp3) is 0.312. The second kappa shape index (κ2) is 6.28. The van der Waals surface area contributed by atoms with Gasteiger partial charge in [-0.3, -0.25) is 4.98 Å². The minimum atomic E-state index is 0.612. The standard InChI is InChI=1S/C16H19NO3/c1-11-5-13(10-17-9-11)6-12-7-14(18-2)16(20-4)15(8-12)19-3/h5,7-10H,6H2,1-4H3. The molecule has 0 aliphatic rings. The third-order valence-electron chi connectivity index (χ3n) is 3.06. The Morgan fingerprint density at radius 2 is 1.50 bits per heavy atom. The van der Waals surface area contributed by atoms with Gasteiger partial charge < -0.3 is 14.2 Å². The number of ether oxygens (including phenoxy) is 3. The first-order chi connectivity index (χ1) is 9.67. The first kappa shape index (κ1) is 14.2. The van der Waals surface area contributed by atoms with Gasteiger partial charge in [0.2, 0.25) is 5.75 Å². The van der Waals surface area contributed by atoms with Crippen LogP contribution >= 0.6 is 0 Å². The molecule has 4 nitrogen and oxygen atoms in total. The molecule has 0 N–H and O–H groups in total. The molecule has 0 aliphatic heterocycles. The normalized spacial score (nSPS) is 10.2. The van der Waals surface area contributed by atoms with E-state index in [0.29, 0.717) is 17.2 Å². The van der Waals surface area contributed by atoms with Crippen molar-refractivity contribution in [3.8, 4) is 17.2 Å². The molecule has 0 radical (unpaired) electrons. The van der Waals surface area contributed by atoms with Crippen molar-refractivity contribution in [1.82, 2.24) is 4.98 Å². The molecule has 1 heterocycles. The Kier molecular flexibility index (Phi) is 4.45. The minimum absolute atomic E-state index is 0.612. The van der Waals surface area contributed by atoms with Crippen LogP contribution in [0.5, 0.6) is 17.2 Å². The van der Waals surface area contributed by atoms with Gasteiger partial charge in [0.15, 0.2) is 11.5 Å². The Balaban J connectivity index is 2.37. The van der Waals surface area contributed by atoms with Gasteiger partial charge in [0.05, 0.1) is 21.3 Å². The second-order valence-electron chi connectivity index (χ2n) is 4.58. The van der Waals surface area contributed by atoms with Crippen molar-refractivity contribution in [3.05, 3.63) is 47.3 Å². The molecule has 2 rings (SSSR count). The van der Waals surface area contributed by atoms with Crippen LogP contribution in [-0.4, -0.2) is 26.3 Å². The van der Waals surface area contributed by atoms with Gasteiger partial charge in [0.25, 0.3) is 0 Å². The molecule has 0 fully saturated rings. The van der Waals surface area contributed by atoms with E-state index in [1.165, 1.54) is 0 Å². The van der Waals surface area contributed by atoms with Crippen LogP contribution in [0.3, 0.4) is 0 Å². The summed E-state index contributed by atoms with van der Waals surface area (Å²) in [6.45, 7) is 2.03. The molecule has 0 amide bonds. The Morgan fingerprint density at radius 1 is 0.850 bits per heavy atom. The minimum Gasteiger partial charge on any atom is -0.493 e. The van der Waals surface area contributed by atoms with E-state index < -0.39 is 0 Å². The van der Waals surface area contributed by atoms with Crippen LogP contribution in [0, 0.1) is 6.92 Å². The molecule has 0 aliphatic carbocycles. The van der Waals surface area contributed by atoms with Crippen molar-refractivity contribution in [2.45, 2.75) is 13.3 Å². The number of benzene rings is 1. The van der Waals surface area contributed by atoms with E-state index in [1.54, 1.807) is 21.3 Å². The third kappa shape index (κ3) is 3.02. The molecule has 0 spiro atoms. The number of hydrogen-bond donors (Lipinski definition) is 0. The molecule has 106 valence electrons. The maximum Gasteiger partial charge on any atom is 0.203 e. The highest BCUT2D eigenvalue weighted by molar-refractivity contribution is 5.54. The van der Waals surface area contributed by atoms with Crippen LogP contribution in [0.15, 0.2) is 30.6 Å². The number of aromatic nitrogens is 1. The molecule has 1 aromatic heterocycles. The summed E-state index contributed by atoms with van der Waals surface area (Å²) in [5.41, 5.74) is 3.39. The summed E-state index contributed by atoms with van der Waals surface area (Å²) in [5.74, 6) is 1.95. The number of aryl methyl sites for hydroxylation is 1. The molecular weight excluding hydrogens is 254 g/mol. The summed E-state index contributed by atoms with van der Waals surface area (Å²) >= 11 is 0. The lowest BCUT2D eigenvalue weighted by atomic mass is 10.0. The van der Waals surface area contributed by atoms with Crippen molar-refractivity contribution in [3.63, 3.8) is 0 Å². The molecule has 0 saturated heterocycles. The van der Waals surface area contributed by atoms with Gasteiger partial charge in [-0.15, -0.1) is 0 Å². The summed E-state index contributed by atoms with van der Waals surface area (Å²) in [6.07, 6.45) is 4.49. The fourth-order valence-electron chi connectivity index (χ4n) is 2.19. The van der Waals surface area contributed by atoms with E-state index in [0.717, 1.165) is 23.1 Å². The fourth-order valence-corrected chi connectivity index (χ4v) is 2.19. The largest absolute Gasteiger partial charge is 0.493 e. The molecule has 4 heteroatoms. The molecule has 20 heavy (non-hydrogen) atoms. The van der Waals surface area contributed by atoms with Crippen LogP contribution in [0.4, 0.5) is 0 Å². The maximum absolute atomic E-state index is 5.36. The van der Waals surface area contributed by atoms with E-state index in [1.807, 2.05) is 31.5 Å². The molecule has 0 saturated carbocycles. The van der Waals surface area contributed by atoms with E-state index in [-0.39, 0.29) is 0 Å². The van der Waals surface area contributed by atoms with Crippen molar-refractivity contribution < 1.29 is 14.2 Å². The van der Waals surface area contributed by atoms with Crippen LogP contribution in [-0.2, 0) is 6.42 Å². The Morgan fingerprint density at radius 3 is 2.00 bits per heavy atom. The number of rotatable bonds is 5. The van der Waals surface area contributed by atoms with Crippen molar-refractivity contribution in [1.29, 1.82) is 0 Å². The summed E-state index contributed by atoms with van der Waals surface area (Å²) in [7, 11) is 4.84. The number of nitrogens with zero attached hydrogens (tertiary/aromatic N) is 1. The van der Waals surface area contributed by atoms with Gasteiger partial charge in [0, 0.05) is 12.4 Å². The maximum atomic E-state index is 5.36. The summed E-state index contributed by atoms with van der Waals surface area (Å²) < 4.78 is 16.0. The average molecular weight is 273 g/mol. The van der Waals surface area contributed by atoms with Gasteiger partial charge in [-0.05, 0) is 42.2 Å². The van der Waals surface area contributed by atoms with Crippen LogP contribution in [0.25, 0.3) is 0 Å². The predicted molar refractivity (Wildman–Crippen MR) is 77.9 cm³/mol.